The minimum Gasteiger partial charge on any atom is -0.477 e. The zero-order chi connectivity index (χ0) is 27.6. The summed E-state index contributed by atoms with van der Waals surface area (Å²) in [5.41, 5.74) is 3.57. The molecule has 40 heavy (non-hydrogen) atoms. The smallest absolute Gasteiger partial charge is 0.354 e. The van der Waals surface area contributed by atoms with Crippen LogP contribution in [0.5, 0.6) is 6.01 Å². The molecule has 1 aliphatic heterocycles. The number of fused-ring (bicyclic) bond motifs is 1. The number of imidazole rings is 1. The predicted molar refractivity (Wildman–Crippen MR) is 146 cm³/mol. The van der Waals surface area contributed by atoms with E-state index >= 15 is 0 Å². The molecule has 0 bridgehead atoms. The van der Waals surface area contributed by atoms with Gasteiger partial charge in [-0.05, 0) is 67.5 Å². The number of allylic oxidation sites excluding steroid dienone is 2. The maximum absolute atomic E-state index is 14.1. The van der Waals surface area contributed by atoms with Crippen molar-refractivity contribution >= 4 is 34.3 Å². The molecule has 6 rings (SSSR count). The van der Waals surface area contributed by atoms with Crippen LogP contribution in [0.3, 0.4) is 0 Å². The van der Waals surface area contributed by atoms with Gasteiger partial charge in [-0.15, -0.1) is 0 Å². The Bertz CT molecular complexity index is 1600. The normalized spacial score (nSPS) is 18.8. The van der Waals surface area contributed by atoms with Crippen molar-refractivity contribution in [3.8, 4) is 6.01 Å². The molecule has 2 unspecified atom stereocenters. The number of hydrogen-bond donors (Lipinski definition) is 1. The highest BCUT2D eigenvalue weighted by Crippen LogP contribution is 2.32. The quantitative estimate of drug-likeness (QED) is 0.284. The largest absolute Gasteiger partial charge is 0.477 e. The Morgan fingerprint density at radius 2 is 2.05 bits per heavy atom. The molecular formula is C29H27ClFN5O4. The van der Waals surface area contributed by atoms with Gasteiger partial charge in [0.25, 0.3) is 0 Å². The highest BCUT2D eigenvalue weighted by Gasteiger charge is 2.25. The molecule has 1 saturated heterocycles. The number of aromatic carboxylic acids is 1. The van der Waals surface area contributed by atoms with Crippen LogP contribution in [0.25, 0.3) is 16.7 Å². The van der Waals surface area contributed by atoms with E-state index in [1.807, 2.05) is 10.6 Å². The average Bonchev–Trinajstić information content (AvgIpc) is 3.26. The van der Waals surface area contributed by atoms with E-state index in [0.717, 1.165) is 55.8 Å². The van der Waals surface area contributed by atoms with E-state index in [1.165, 1.54) is 12.1 Å². The van der Waals surface area contributed by atoms with Gasteiger partial charge in [-0.1, -0.05) is 23.7 Å². The number of halogens is 2. The Labute approximate surface area is 234 Å². The minimum atomic E-state index is -1.06. The van der Waals surface area contributed by atoms with Gasteiger partial charge in [0, 0.05) is 29.8 Å². The summed E-state index contributed by atoms with van der Waals surface area (Å²) in [6.45, 7) is 1.35. The first kappa shape index (κ1) is 26.3. The number of carboxylic acids is 1. The first-order chi connectivity index (χ1) is 19.4. The van der Waals surface area contributed by atoms with E-state index < -0.39 is 11.8 Å². The fourth-order valence-corrected chi connectivity index (χ4v) is 5.24. The number of aromatic nitrogens is 5. The summed E-state index contributed by atoms with van der Waals surface area (Å²) in [6, 6.07) is 9.71. The summed E-state index contributed by atoms with van der Waals surface area (Å²) in [4.78, 5) is 29.4. The van der Waals surface area contributed by atoms with Gasteiger partial charge in [0.1, 0.15) is 23.8 Å². The van der Waals surface area contributed by atoms with Crippen molar-refractivity contribution < 1.29 is 23.8 Å². The van der Waals surface area contributed by atoms with Gasteiger partial charge in [-0.3, -0.25) is 0 Å². The molecule has 0 saturated carbocycles. The summed E-state index contributed by atoms with van der Waals surface area (Å²) >= 11 is 5.82. The lowest BCUT2D eigenvalue weighted by molar-refractivity contribution is -0.0591. The summed E-state index contributed by atoms with van der Waals surface area (Å²) in [6.07, 6.45) is 8.28. The molecule has 11 heteroatoms. The van der Waals surface area contributed by atoms with E-state index in [2.05, 4.69) is 21.0 Å². The van der Waals surface area contributed by atoms with Gasteiger partial charge in [0.05, 0.1) is 18.3 Å². The molecule has 2 atom stereocenters. The molecule has 1 aromatic carbocycles. The van der Waals surface area contributed by atoms with Crippen molar-refractivity contribution in [1.29, 1.82) is 0 Å². The standard InChI is InChI=1S/C29H27ClFN5O4/c30-20-6-5-19(22(31)14-20)16-40-29-32-11-9-23(35-29)18-3-1-17(2-4-18)13-26-33-24-7-8-25(28(37)38)34-27(24)36(26)15-21-10-12-39-21/h3,5-9,11,14,17,21H,1-2,4,10,12-13,15-16H2,(H,37,38). The second-order valence-electron chi connectivity index (χ2n) is 10.1. The third-order valence-corrected chi connectivity index (χ3v) is 7.63. The van der Waals surface area contributed by atoms with Crippen LogP contribution in [0.4, 0.5) is 4.39 Å². The fraction of sp³-hybridized carbons (Fsp3) is 0.345. The molecule has 0 spiro atoms. The Hall–Kier alpha value is -3.89. The van der Waals surface area contributed by atoms with Crippen molar-refractivity contribution in [2.45, 2.75) is 51.4 Å². The van der Waals surface area contributed by atoms with E-state index in [9.17, 15) is 14.3 Å². The summed E-state index contributed by atoms with van der Waals surface area (Å²) in [5, 5.41) is 9.75. The molecule has 2 aliphatic rings. The van der Waals surface area contributed by atoms with Crippen LogP contribution in [0, 0.1) is 11.7 Å². The number of carboxylic acid groups (broad SMARTS) is 1. The van der Waals surface area contributed by atoms with Crippen molar-refractivity contribution in [2.75, 3.05) is 6.61 Å². The highest BCUT2D eigenvalue weighted by atomic mass is 35.5. The molecule has 4 heterocycles. The summed E-state index contributed by atoms with van der Waals surface area (Å²) in [5.74, 6) is -0.228. The number of nitrogens with zero attached hydrogens (tertiary/aromatic N) is 5. The van der Waals surface area contributed by atoms with Crippen molar-refractivity contribution in [1.82, 2.24) is 24.5 Å². The van der Waals surface area contributed by atoms with Crippen molar-refractivity contribution in [3.63, 3.8) is 0 Å². The van der Waals surface area contributed by atoms with Crippen LogP contribution in [0.2, 0.25) is 5.02 Å². The molecule has 1 fully saturated rings. The third kappa shape index (κ3) is 5.68. The SMILES string of the molecule is O=C(O)c1ccc2nc(CC3CC=C(c4ccnc(OCc5ccc(Cl)cc5F)n4)CC3)n(CC3CCO3)c2n1. The van der Waals surface area contributed by atoms with Gasteiger partial charge in [0.2, 0.25) is 0 Å². The first-order valence-electron chi connectivity index (χ1n) is 13.2. The maximum atomic E-state index is 14.1. The number of carbonyl (C=O) groups is 1. The monoisotopic (exact) mass is 563 g/mol. The molecule has 3 aromatic heterocycles. The van der Waals surface area contributed by atoms with Crippen LogP contribution < -0.4 is 4.74 Å². The Morgan fingerprint density at radius 1 is 1.18 bits per heavy atom. The lowest BCUT2D eigenvalue weighted by Gasteiger charge is -2.28. The Morgan fingerprint density at radius 3 is 2.77 bits per heavy atom. The van der Waals surface area contributed by atoms with Gasteiger partial charge >= 0.3 is 12.0 Å². The topological polar surface area (TPSA) is 112 Å². The van der Waals surface area contributed by atoms with Crippen LogP contribution >= 0.6 is 11.6 Å². The van der Waals surface area contributed by atoms with E-state index in [1.54, 1.807) is 24.4 Å². The zero-order valence-electron chi connectivity index (χ0n) is 21.6. The van der Waals surface area contributed by atoms with Gasteiger partial charge in [0.15, 0.2) is 11.3 Å². The molecule has 0 amide bonds. The third-order valence-electron chi connectivity index (χ3n) is 7.40. The number of hydrogen-bond acceptors (Lipinski definition) is 7. The number of ether oxygens (including phenoxy) is 2. The summed E-state index contributed by atoms with van der Waals surface area (Å²) in [7, 11) is 0. The number of rotatable bonds is 9. The number of benzene rings is 1. The van der Waals surface area contributed by atoms with Gasteiger partial charge in [-0.2, -0.15) is 4.98 Å². The molecule has 4 aromatic rings. The minimum absolute atomic E-state index is 0.00326. The maximum Gasteiger partial charge on any atom is 0.354 e. The second kappa shape index (κ2) is 11.3. The lowest BCUT2D eigenvalue weighted by Crippen LogP contribution is -2.32. The van der Waals surface area contributed by atoms with Crippen LogP contribution in [0.1, 0.15) is 53.3 Å². The Balaban J connectivity index is 1.15. The number of pyridine rings is 1. The molecule has 206 valence electrons. The first-order valence-corrected chi connectivity index (χ1v) is 13.6. The van der Waals surface area contributed by atoms with E-state index in [0.29, 0.717) is 34.2 Å². The van der Waals surface area contributed by atoms with Crippen LogP contribution in [-0.4, -0.2) is 48.3 Å². The van der Waals surface area contributed by atoms with Crippen LogP contribution in [0.15, 0.2) is 48.7 Å². The molecule has 1 N–H and O–H groups in total. The fourth-order valence-electron chi connectivity index (χ4n) is 5.08. The lowest BCUT2D eigenvalue weighted by atomic mass is 9.86. The molecule has 1 aliphatic carbocycles. The van der Waals surface area contributed by atoms with E-state index in [4.69, 9.17) is 26.1 Å². The van der Waals surface area contributed by atoms with Crippen LogP contribution in [-0.2, 0) is 24.3 Å². The molecular weight excluding hydrogens is 537 g/mol. The van der Waals surface area contributed by atoms with Crippen molar-refractivity contribution in [3.05, 3.63) is 82.3 Å². The Kier molecular flexibility index (Phi) is 7.44. The van der Waals surface area contributed by atoms with Gasteiger partial charge < -0.3 is 19.1 Å². The zero-order valence-corrected chi connectivity index (χ0v) is 22.4. The van der Waals surface area contributed by atoms with Gasteiger partial charge in [-0.25, -0.2) is 24.1 Å². The molecule has 9 nitrogen and oxygen atoms in total. The highest BCUT2D eigenvalue weighted by molar-refractivity contribution is 6.30. The summed E-state index contributed by atoms with van der Waals surface area (Å²) < 4.78 is 27.4. The second-order valence-corrected chi connectivity index (χ2v) is 10.5. The average molecular weight is 564 g/mol. The molecule has 0 radical (unpaired) electrons. The van der Waals surface area contributed by atoms with Crippen molar-refractivity contribution in [2.24, 2.45) is 5.92 Å². The van der Waals surface area contributed by atoms with E-state index in [-0.39, 0.29) is 24.4 Å². The predicted octanol–water partition coefficient (Wildman–Crippen LogP) is 5.51.